The molecule has 0 aliphatic carbocycles. The van der Waals surface area contributed by atoms with Crippen molar-refractivity contribution in [1.82, 2.24) is 5.32 Å². The summed E-state index contributed by atoms with van der Waals surface area (Å²) in [6.07, 6.45) is 0. The number of ether oxygens (including phenoxy) is 2. The van der Waals surface area contributed by atoms with Crippen molar-refractivity contribution in [2.45, 2.75) is 39.5 Å². The number of rotatable bonds is 4. The monoisotopic (exact) mass is 277 g/mol. The van der Waals surface area contributed by atoms with Crippen LogP contribution in [-0.4, -0.2) is 24.9 Å². The van der Waals surface area contributed by atoms with Gasteiger partial charge >= 0.3 is 0 Å². The Hall–Kier alpha value is -1.39. The summed E-state index contributed by atoms with van der Waals surface area (Å²) in [7, 11) is 0. The number of hydrogen-bond donors (Lipinski definition) is 1. The van der Waals surface area contributed by atoms with E-state index in [2.05, 4.69) is 5.32 Å². The van der Waals surface area contributed by atoms with Crippen LogP contribution >= 0.6 is 0 Å². The lowest BCUT2D eigenvalue weighted by molar-refractivity contribution is -0.214. The summed E-state index contributed by atoms with van der Waals surface area (Å²) in [5.74, 6) is -0.939. The molecule has 1 aliphatic heterocycles. The molecule has 20 heavy (non-hydrogen) atoms. The van der Waals surface area contributed by atoms with E-state index in [1.54, 1.807) is 0 Å². The van der Waals surface area contributed by atoms with E-state index < -0.39 is 11.2 Å². The van der Waals surface area contributed by atoms with E-state index in [1.165, 1.54) is 0 Å². The van der Waals surface area contributed by atoms with Crippen molar-refractivity contribution in [2.24, 2.45) is 5.41 Å². The second kappa shape index (κ2) is 5.54. The van der Waals surface area contributed by atoms with Crippen LogP contribution in [-0.2, 0) is 14.3 Å². The molecule has 0 radical (unpaired) electrons. The Labute approximate surface area is 120 Å². The third-order valence-electron chi connectivity index (χ3n) is 4.19. The number of carbonyl (C=O) groups is 1. The molecule has 0 aromatic heterocycles. The van der Waals surface area contributed by atoms with Crippen molar-refractivity contribution in [3.05, 3.63) is 35.9 Å². The topological polar surface area (TPSA) is 47.6 Å². The lowest BCUT2D eigenvalue weighted by Gasteiger charge is -2.38. The Morgan fingerprint density at radius 2 is 1.80 bits per heavy atom. The van der Waals surface area contributed by atoms with Crippen molar-refractivity contribution >= 4 is 5.91 Å². The van der Waals surface area contributed by atoms with Gasteiger partial charge in [0.1, 0.15) is 0 Å². The molecule has 0 spiro atoms. The van der Waals surface area contributed by atoms with E-state index in [0.717, 1.165) is 5.56 Å². The minimum Gasteiger partial charge on any atom is -0.349 e. The molecule has 1 heterocycles. The standard InChI is InChI=1S/C16H23NO3/c1-12(13-8-6-5-7-9-13)17-14(18)15(2,3)16(4)19-10-11-20-16/h5-9,12H,10-11H2,1-4H3,(H,17,18). The number of nitrogens with one attached hydrogen (secondary N) is 1. The van der Waals surface area contributed by atoms with Crippen LogP contribution in [0.25, 0.3) is 0 Å². The van der Waals surface area contributed by atoms with Crippen molar-refractivity contribution < 1.29 is 14.3 Å². The summed E-state index contributed by atoms with van der Waals surface area (Å²) in [6.45, 7) is 8.56. The lowest BCUT2D eigenvalue weighted by Crippen LogP contribution is -2.53. The smallest absolute Gasteiger partial charge is 0.231 e. The number of amides is 1. The average Bonchev–Trinajstić information content (AvgIpc) is 2.88. The van der Waals surface area contributed by atoms with Crippen LogP contribution in [0.4, 0.5) is 0 Å². The van der Waals surface area contributed by atoms with Gasteiger partial charge in [0.2, 0.25) is 5.91 Å². The zero-order valence-electron chi connectivity index (χ0n) is 12.6. The molecule has 1 aliphatic rings. The van der Waals surface area contributed by atoms with Gasteiger partial charge in [0, 0.05) is 0 Å². The SMILES string of the molecule is CC(NC(=O)C(C)(C)C1(C)OCCO1)c1ccccc1. The van der Waals surface area contributed by atoms with Gasteiger partial charge in [0.25, 0.3) is 0 Å². The molecule has 1 aromatic rings. The van der Waals surface area contributed by atoms with Gasteiger partial charge in [-0.2, -0.15) is 0 Å². The number of hydrogen-bond acceptors (Lipinski definition) is 3. The highest BCUT2D eigenvalue weighted by Crippen LogP contribution is 2.38. The van der Waals surface area contributed by atoms with E-state index in [4.69, 9.17) is 9.47 Å². The van der Waals surface area contributed by atoms with Gasteiger partial charge in [-0.25, -0.2) is 0 Å². The first-order valence-electron chi connectivity index (χ1n) is 7.01. The van der Waals surface area contributed by atoms with Crippen LogP contribution in [0, 0.1) is 5.41 Å². The second-order valence-corrected chi connectivity index (χ2v) is 5.87. The normalized spacial score (nSPS) is 19.6. The summed E-state index contributed by atoms with van der Waals surface area (Å²) < 4.78 is 11.3. The highest BCUT2D eigenvalue weighted by atomic mass is 16.7. The Kier molecular flexibility index (Phi) is 4.16. The summed E-state index contributed by atoms with van der Waals surface area (Å²) in [5.41, 5.74) is 0.321. The molecule has 1 fully saturated rings. The Morgan fingerprint density at radius 1 is 1.25 bits per heavy atom. The average molecular weight is 277 g/mol. The van der Waals surface area contributed by atoms with E-state index in [-0.39, 0.29) is 11.9 Å². The van der Waals surface area contributed by atoms with E-state index in [9.17, 15) is 4.79 Å². The summed E-state index contributed by atoms with van der Waals surface area (Å²) in [4.78, 5) is 12.6. The molecule has 1 unspecified atom stereocenters. The molecule has 4 nitrogen and oxygen atoms in total. The molecular formula is C16H23NO3. The van der Waals surface area contributed by atoms with Gasteiger partial charge in [-0.1, -0.05) is 30.3 Å². The Bertz CT molecular complexity index is 464. The van der Waals surface area contributed by atoms with Crippen LogP contribution in [0.5, 0.6) is 0 Å². The van der Waals surface area contributed by atoms with Crippen LogP contribution in [0.2, 0.25) is 0 Å². The molecule has 1 N–H and O–H groups in total. The first-order valence-corrected chi connectivity index (χ1v) is 7.01. The minimum absolute atomic E-state index is 0.0482. The summed E-state index contributed by atoms with van der Waals surface area (Å²) in [6, 6.07) is 9.85. The van der Waals surface area contributed by atoms with Gasteiger partial charge in [-0.3, -0.25) is 4.79 Å². The maximum atomic E-state index is 12.6. The maximum Gasteiger partial charge on any atom is 0.231 e. The van der Waals surface area contributed by atoms with E-state index >= 15 is 0 Å². The third-order valence-corrected chi connectivity index (χ3v) is 4.19. The van der Waals surface area contributed by atoms with Crippen LogP contribution in [0.1, 0.15) is 39.3 Å². The highest BCUT2D eigenvalue weighted by Gasteiger charge is 2.51. The third kappa shape index (κ3) is 2.72. The molecule has 0 saturated carbocycles. The van der Waals surface area contributed by atoms with Gasteiger partial charge in [0.05, 0.1) is 24.7 Å². The molecule has 1 amide bonds. The quantitative estimate of drug-likeness (QED) is 0.920. The van der Waals surface area contributed by atoms with Gasteiger partial charge in [0.15, 0.2) is 5.79 Å². The number of benzene rings is 1. The molecule has 1 saturated heterocycles. The minimum atomic E-state index is -0.868. The Morgan fingerprint density at radius 3 is 2.35 bits per heavy atom. The number of carbonyl (C=O) groups excluding carboxylic acids is 1. The maximum absolute atomic E-state index is 12.6. The zero-order chi connectivity index (χ0) is 14.8. The lowest BCUT2D eigenvalue weighted by atomic mass is 9.82. The fourth-order valence-electron chi connectivity index (χ4n) is 2.28. The molecule has 4 heteroatoms. The van der Waals surface area contributed by atoms with Gasteiger partial charge < -0.3 is 14.8 Å². The van der Waals surface area contributed by atoms with Gasteiger partial charge in [-0.05, 0) is 33.3 Å². The molecule has 1 atom stereocenters. The molecule has 0 bridgehead atoms. The van der Waals surface area contributed by atoms with Crippen molar-refractivity contribution in [3.8, 4) is 0 Å². The van der Waals surface area contributed by atoms with Gasteiger partial charge in [-0.15, -0.1) is 0 Å². The van der Waals surface area contributed by atoms with Crippen molar-refractivity contribution in [2.75, 3.05) is 13.2 Å². The van der Waals surface area contributed by atoms with E-state index in [1.807, 2.05) is 58.0 Å². The Balaban J connectivity index is 2.07. The fourth-order valence-corrected chi connectivity index (χ4v) is 2.28. The zero-order valence-corrected chi connectivity index (χ0v) is 12.6. The van der Waals surface area contributed by atoms with E-state index in [0.29, 0.717) is 13.2 Å². The van der Waals surface area contributed by atoms with Crippen LogP contribution in [0.3, 0.4) is 0 Å². The summed E-state index contributed by atoms with van der Waals surface area (Å²) >= 11 is 0. The largest absolute Gasteiger partial charge is 0.349 e. The van der Waals surface area contributed by atoms with Crippen molar-refractivity contribution in [3.63, 3.8) is 0 Å². The second-order valence-electron chi connectivity index (χ2n) is 5.87. The summed E-state index contributed by atoms with van der Waals surface area (Å²) in [5, 5.41) is 3.04. The first-order chi connectivity index (χ1) is 9.37. The van der Waals surface area contributed by atoms with Crippen LogP contribution in [0.15, 0.2) is 30.3 Å². The predicted molar refractivity (Wildman–Crippen MR) is 77.1 cm³/mol. The first kappa shape index (κ1) is 15.0. The molecule has 1 aromatic carbocycles. The predicted octanol–water partition coefficient (Wildman–Crippen LogP) is 2.65. The highest BCUT2D eigenvalue weighted by molar-refractivity contribution is 5.83. The fraction of sp³-hybridized carbons (Fsp3) is 0.562. The molecule has 2 rings (SSSR count). The van der Waals surface area contributed by atoms with Crippen LogP contribution < -0.4 is 5.32 Å². The molecular weight excluding hydrogens is 254 g/mol. The van der Waals surface area contributed by atoms with Crippen molar-refractivity contribution in [1.29, 1.82) is 0 Å². The molecule has 110 valence electrons.